The first-order valence-corrected chi connectivity index (χ1v) is 7.71. The Morgan fingerprint density at radius 3 is 2.45 bits per heavy atom. The van der Waals surface area contributed by atoms with Crippen LogP contribution >= 0.6 is 0 Å². The molecule has 1 rings (SSSR count). The van der Waals surface area contributed by atoms with Gasteiger partial charge in [0.05, 0.1) is 6.42 Å². The molecule has 5 heteroatoms. The summed E-state index contributed by atoms with van der Waals surface area (Å²) < 4.78 is 0. The van der Waals surface area contributed by atoms with Gasteiger partial charge in [0.25, 0.3) is 0 Å². The Kier molecular flexibility index (Phi) is 6.82. The fourth-order valence-electron chi connectivity index (χ4n) is 2.90. The Morgan fingerprint density at radius 2 is 1.90 bits per heavy atom. The predicted molar refractivity (Wildman–Crippen MR) is 78.7 cm³/mol. The highest BCUT2D eigenvalue weighted by atomic mass is 16.4. The van der Waals surface area contributed by atoms with Crippen LogP contribution in [0.2, 0.25) is 0 Å². The monoisotopic (exact) mass is 284 g/mol. The molecule has 2 amide bonds. The van der Waals surface area contributed by atoms with E-state index in [9.17, 15) is 9.59 Å². The number of hydrogen-bond donors (Lipinski definition) is 3. The molecule has 0 radical (unpaired) electrons. The van der Waals surface area contributed by atoms with Gasteiger partial charge in [-0.2, -0.15) is 0 Å². The Morgan fingerprint density at radius 1 is 1.25 bits per heavy atom. The van der Waals surface area contributed by atoms with Gasteiger partial charge >= 0.3 is 12.0 Å². The molecule has 1 unspecified atom stereocenters. The molecule has 1 atom stereocenters. The van der Waals surface area contributed by atoms with Crippen LogP contribution in [0, 0.1) is 5.41 Å². The van der Waals surface area contributed by atoms with Gasteiger partial charge < -0.3 is 15.7 Å². The molecule has 116 valence electrons. The van der Waals surface area contributed by atoms with Crippen LogP contribution < -0.4 is 10.6 Å². The maximum atomic E-state index is 11.9. The van der Waals surface area contributed by atoms with Crippen LogP contribution in [0.3, 0.4) is 0 Å². The Bertz CT molecular complexity index is 325. The number of amides is 2. The van der Waals surface area contributed by atoms with Gasteiger partial charge in [0.15, 0.2) is 0 Å². The molecule has 0 aliphatic heterocycles. The molecule has 1 fully saturated rings. The van der Waals surface area contributed by atoms with Crippen molar-refractivity contribution in [3.05, 3.63) is 0 Å². The van der Waals surface area contributed by atoms with E-state index in [0.29, 0.717) is 13.0 Å². The average molecular weight is 284 g/mol. The summed E-state index contributed by atoms with van der Waals surface area (Å²) in [6.45, 7) is 4.87. The van der Waals surface area contributed by atoms with E-state index >= 15 is 0 Å². The van der Waals surface area contributed by atoms with Gasteiger partial charge in [0.2, 0.25) is 0 Å². The quantitative estimate of drug-likeness (QED) is 0.672. The normalized spacial score (nSPS) is 19.1. The van der Waals surface area contributed by atoms with E-state index in [0.717, 1.165) is 19.3 Å². The lowest BCUT2D eigenvalue weighted by Crippen LogP contribution is -2.46. The highest BCUT2D eigenvalue weighted by Crippen LogP contribution is 2.34. The first kappa shape index (κ1) is 16.8. The number of carbonyl (C=O) groups is 2. The third kappa shape index (κ3) is 6.26. The molecule has 20 heavy (non-hydrogen) atoms. The number of urea groups is 1. The number of carboxylic acids is 1. The molecule has 1 aliphatic rings. The van der Waals surface area contributed by atoms with Crippen molar-refractivity contribution in [2.24, 2.45) is 5.41 Å². The second-order valence-electron chi connectivity index (χ2n) is 6.28. The standard InChI is InChI=1S/C15H28N2O3/c1-3-7-12(10-13(18)19)17-14(20)16-11-15(2)8-5-4-6-9-15/h12H,3-11H2,1-2H3,(H,18,19)(H2,16,17,20). The number of carboxylic acid groups (broad SMARTS) is 1. The van der Waals surface area contributed by atoms with E-state index in [1.54, 1.807) is 0 Å². The average Bonchev–Trinajstić information content (AvgIpc) is 2.37. The van der Waals surface area contributed by atoms with Crippen molar-refractivity contribution in [1.82, 2.24) is 10.6 Å². The fourth-order valence-corrected chi connectivity index (χ4v) is 2.90. The molecule has 1 saturated carbocycles. The minimum atomic E-state index is -0.872. The van der Waals surface area contributed by atoms with Crippen molar-refractivity contribution in [2.75, 3.05) is 6.54 Å². The summed E-state index contributed by atoms with van der Waals surface area (Å²) in [5.41, 5.74) is 0.197. The van der Waals surface area contributed by atoms with E-state index in [2.05, 4.69) is 17.6 Å². The lowest BCUT2D eigenvalue weighted by atomic mass is 9.76. The zero-order valence-corrected chi connectivity index (χ0v) is 12.7. The number of hydrogen-bond acceptors (Lipinski definition) is 2. The molecule has 5 nitrogen and oxygen atoms in total. The van der Waals surface area contributed by atoms with Gasteiger partial charge in [0, 0.05) is 12.6 Å². The molecular formula is C15H28N2O3. The van der Waals surface area contributed by atoms with Crippen molar-refractivity contribution in [3.63, 3.8) is 0 Å². The molecule has 1 aliphatic carbocycles. The van der Waals surface area contributed by atoms with Crippen molar-refractivity contribution in [1.29, 1.82) is 0 Å². The lowest BCUT2D eigenvalue weighted by molar-refractivity contribution is -0.137. The molecule has 0 aromatic carbocycles. The lowest BCUT2D eigenvalue weighted by Gasteiger charge is -2.33. The second kappa shape index (κ2) is 8.12. The number of nitrogens with one attached hydrogen (secondary N) is 2. The van der Waals surface area contributed by atoms with Crippen molar-refractivity contribution >= 4 is 12.0 Å². The summed E-state index contributed by atoms with van der Waals surface area (Å²) in [6.07, 6.45) is 7.60. The first-order chi connectivity index (χ1) is 9.45. The summed E-state index contributed by atoms with van der Waals surface area (Å²) in [5.74, 6) is -0.872. The van der Waals surface area contributed by atoms with Gasteiger partial charge in [-0.3, -0.25) is 4.79 Å². The predicted octanol–water partition coefficient (Wildman–Crippen LogP) is 2.90. The Hall–Kier alpha value is -1.26. The van der Waals surface area contributed by atoms with Gasteiger partial charge in [-0.1, -0.05) is 39.5 Å². The fraction of sp³-hybridized carbons (Fsp3) is 0.867. The maximum Gasteiger partial charge on any atom is 0.315 e. The van der Waals surface area contributed by atoms with Crippen LogP contribution in [-0.4, -0.2) is 29.7 Å². The number of aliphatic carboxylic acids is 1. The third-order valence-electron chi connectivity index (χ3n) is 4.13. The van der Waals surface area contributed by atoms with Crippen molar-refractivity contribution in [3.8, 4) is 0 Å². The molecular weight excluding hydrogens is 256 g/mol. The van der Waals surface area contributed by atoms with Crippen LogP contribution in [0.15, 0.2) is 0 Å². The zero-order valence-electron chi connectivity index (χ0n) is 12.7. The SMILES string of the molecule is CCCC(CC(=O)O)NC(=O)NCC1(C)CCCCC1. The van der Waals surface area contributed by atoms with Crippen LogP contribution in [0.4, 0.5) is 4.79 Å². The maximum absolute atomic E-state index is 11.9. The molecule has 0 saturated heterocycles. The smallest absolute Gasteiger partial charge is 0.315 e. The van der Waals surface area contributed by atoms with Crippen LogP contribution in [0.5, 0.6) is 0 Å². The summed E-state index contributed by atoms with van der Waals surface area (Å²) in [5, 5.41) is 14.5. The second-order valence-corrected chi connectivity index (χ2v) is 6.28. The number of carbonyl (C=O) groups excluding carboxylic acids is 1. The van der Waals surface area contributed by atoms with E-state index in [-0.39, 0.29) is 23.9 Å². The third-order valence-corrected chi connectivity index (χ3v) is 4.13. The van der Waals surface area contributed by atoms with Gasteiger partial charge in [-0.05, 0) is 24.7 Å². The Labute approximate surface area is 121 Å². The first-order valence-electron chi connectivity index (χ1n) is 7.71. The minimum Gasteiger partial charge on any atom is -0.481 e. The van der Waals surface area contributed by atoms with E-state index < -0.39 is 5.97 Å². The minimum absolute atomic E-state index is 0.0153. The van der Waals surface area contributed by atoms with Crippen molar-refractivity contribution in [2.45, 2.75) is 71.3 Å². The summed E-state index contributed by atoms with van der Waals surface area (Å²) >= 11 is 0. The molecule has 0 heterocycles. The zero-order chi connectivity index (χ0) is 15.0. The molecule has 0 aromatic heterocycles. The Balaban J connectivity index is 2.35. The topological polar surface area (TPSA) is 78.4 Å². The number of rotatable bonds is 7. The van der Waals surface area contributed by atoms with Crippen LogP contribution in [0.25, 0.3) is 0 Å². The van der Waals surface area contributed by atoms with Crippen LogP contribution in [-0.2, 0) is 4.79 Å². The largest absolute Gasteiger partial charge is 0.481 e. The summed E-state index contributed by atoms with van der Waals surface area (Å²) in [4.78, 5) is 22.6. The highest BCUT2D eigenvalue weighted by Gasteiger charge is 2.27. The summed E-state index contributed by atoms with van der Waals surface area (Å²) in [7, 11) is 0. The van der Waals surface area contributed by atoms with E-state index in [1.807, 2.05) is 6.92 Å². The van der Waals surface area contributed by atoms with Gasteiger partial charge in [-0.15, -0.1) is 0 Å². The molecule has 3 N–H and O–H groups in total. The molecule has 0 spiro atoms. The van der Waals surface area contributed by atoms with E-state index in [4.69, 9.17) is 5.11 Å². The van der Waals surface area contributed by atoms with E-state index in [1.165, 1.54) is 19.3 Å². The molecule has 0 bridgehead atoms. The van der Waals surface area contributed by atoms with Crippen LogP contribution in [0.1, 0.15) is 65.2 Å². The van der Waals surface area contributed by atoms with Crippen molar-refractivity contribution < 1.29 is 14.7 Å². The highest BCUT2D eigenvalue weighted by molar-refractivity contribution is 5.75. The van der Waals surface area contributed by atoms with Gasteiger partial charge in [-0.25, -0.2) is 4.79 Å². The summed E-state index contributed by atoms with van der Waals surface area (Å²) in [6, 6.07) is -0.520. The molecule has 0 aromatic rings. The van der Waals surface area contributed by atoms with Gasteiger partial charge in [0.1, 0.15) is 0 Å².